The lowest BCUT2D eigenvalue weighted by molar-refractivity contribution is -0.138. The van der Waals surface area contributed by atoms with Crippen molar-refractivity contribution in [3.63, 3.8) is 0 Å². The zero-order valence-corrected chi connectivity index (χ0v) is 13.3. The molecule has 0 saturated carbocycles. The first-order valence-electron chi connectivity index (χ1n) is 7.56. The molecule has 0 fully saturated rings. The summed E-state index contributed by atoms with van der Waals surface area (Å²) < 4.78 is 10.4. The van der Waals surface area contributed by atoms with Gasteiger partial charge in [-0.1, -0.05) is 36.4 Å². The minimum Gasteiger partial charge on any atom is -0.495 e. The maximum Gasteiger partial charge on any atom is 0.331 e. The summed E-state index contributed by atoms with van der Waals surface area (Å²) in [7, 11) is 1.57. The normalized spacial score (nSPS) is 10.9. The van der Waals surface area contributed by atoms with E-state index in [2.05, 4.69) is 11.1 Å². The maximum absolute atomic E-state index is 11.8. The number of nitrogens with zero attached hydrogens (tertiary/aromatic N) is 1. The van der Waals surface area contributed by atoms with Crippen LogP contribution in [0.1, 0.15) is 11.1 Å². The number of carbonyl (C=O) groups excluding carboxylic acids is 1. The fourth-order valence-corrected chi connectivity index (χ4v) is 2.33. The Morgan fingerprint density at radius 3 is 2.75 bits per heavy atom. The van der Waals surface area contributed by atoms with Crippen molar-refractivity contribution < 1.29 is 14.3 Å². The first-order chi connectivity index (χ1) is 11.7. The van der Waals surface area contributed by atoms with E-state index in [1.165, 1.54) is 6.08 Å². The average molecular weight is 319 g/mol. The van der Waals surface area contributed by atoms with Crippen LogP contribution in [0.3, 0.4) is 0 Å². The van der Waals surface area contributed by atoms with Crippen LogP contribution in [0, 0.1) is 0 Å². The van der Waals surface area contributed by atoms with Crippen molar-refractivity contribution in [3.05, 3.63) is 78.1 Å². The van der Waals surface area contributed by atoms with E-state index in [1.54, 1.807) is 31.6 Å². The molecule has 4 heteroatoms. The molecule has 0 aliphatic carbocycles. The van der Waals surface area contributed by atoms with Gasteiger partial charge in [0.15, 0.2) is 0 Å². The highest BCUT2D eigenvalue weighted by Gasteiger charge is 2.01. The van der Waals surface area contributed by atoms with Crippen LogP contribution < -0.4 is 4.74 Å². The number of hydrogen-bond acceptors (Lipinski definition) is 4. The summed E-state index contributed by atoms with van der Waals surface area (Å²) in [4.78, 5) is 15.9. The second kappa shape index (κ2) is 7.42. The fourth-order valence-electron chi connectivity index (χ4n) is 2.33. The van der Waals surface area contributed by atoms with Crippen molar-refractivity contribution in [2.24, 2.45) is 0 Å². The number of benzene rings is 2. The van der Waals surface area contributed by atoms with Crippen molar-refractivity contribution in [1.82, 2.24) is 4.98 Å². The number of carbonyl (C=O) groups is 1. The van der Waals surface area contributed by atoms with E-state index in [0.29, 0.717) is 5.75 Å². The molecule has 0 spiro atoms. The van der Waals surface area contributed by atoms with Crippen LogP contribution in [0.2, 0.25) is 0 Å². The smallest absolute Gasteiger partial charge is 0.331 e. The average Bonchev–Trinajstić information content (AvgIpc) is 2.64. The Labute approximate surface area is 140 Å². The van der Waals surface area contributed by atoms with Crippen LogP contribution in [-0.4, -0.2) is 18.1 Å². The standard InChI is InChI=1S/C20H17NO3/c1-23-19-11-15(12-21-13-19)7-9-20(22)24-14-16-6-8-17-4-2-3-5-18(17)10-16/h2-13H,14H2,1H3/b9-7+. The lowest BCUT2D eigenvalue weighted by Crippen LogP contribution is -2.00. The largest absolute Gasteiger partial charge is 0.495 e. The molecule has 4 nitrogen and oxygen atoms in total. The summed E-state index contributed by atoms with van der Waals surface area (Å²) in [6.07, 6.45) is 6.29. The number of aromatic nitrogens is 1. The molecule has 3 aromatic rings. The maximum atomic E-state index is 11.8. The van der Waals surface area contributed by atoms with Crippen LogP contribution >= 0.6 is 0 Å². The molecule has 1 aromatic heterocycles. The Bertz CT molecular complexity index is 887. The van der Waals surface area contributed by atoms with Gasteiger partial charge in [-0.2, -0.15) is 0 Å². The third-order valence-corrected chi connectivity index (χ3v) is 3.58. The van der Waals surface area contributed by atoms with Gasteiger partial charge in [0.2, 0.25) is 0 Å². The van der Waals surface area contributed by atoms with E-state index < -0.39 is 5.97 Å². The number of esters is 1. The summed E-state index contributed by atoms with van der Waals surface area (Å²) in [6.45, 7) is 0.240. The van der Waals surface area contributed by atoms with Gasteiger partial charge < -0.3 is 9.47 Å². The minimum absolute atomic E-state index is 0.240. The number of rotatable bonds is 5. The first kappa shape index (κ1) is 15.7. The van der Waals surface area contributed by atoms with Gasteiger partial charge in [0.25, 0.3) is 0 Å². The zero-order chi connectivity index (χ0) is 16.8. The van der Waals surface area contributed by atoms with E-state index in [-0.39, 0.29) is 6.61 Å². The second-order valence-corrected chi connectivity index (χ2v) is 5.28. The Hall–Kier alpha value is -3.14. The molecule has 3 rings (SSSR count). The predicted molar refractivity (Wildman–Crippen MR) is 93.6 cm³/mol. The SMILES string of the molecule is COc1cncc(/C=C/C(=O)OCc2ccc3ccccc3c2)c1. The zero-order valence-electron chi connectivity index (χ0n) is 13.3. The van der Waals surface area contributed by atoms with Crippen molar-refractivity contribution in [2.75, 3.05) is 7.11 Å². The molecule has 0 aliphatic heterocycles. The third kappa shape index (κ3) is 3.98. The van der Waals surface area contributed by atoms with Crippen LogP contribution in [0.15, 0.2) is 67.0 Å². The van der Waals surface area contributed by atoms with Crippen LogP contribution in [0.4, 0.5) is 0 Å². The molecule has 120 valence electrons. The van der Waals surface area contributed by atoms with Crippen molar-refractivity contribution >= 4 is 22.8 Å². The Morgan fingerprint density at radius 1 is 1.08 bits per heavy atom. The van der Waals surface area contributed by atoms with Crippen LogP contribution in [0.5, 0.6) is 5.75 Å². The summed E-state index contributed by atoms with van der Waals surface area (Å²) in [5.74, 6) is 0.243. The second-order valence-electron chi connectivity index (χ2n) is 5.28. The van der Waals surface area contributed by atoms with E-state index in [9.17, 15) is 4.79 Å². The highest BCUT2D eigenvalue weighted by molar-refractivity contribution is 5.87. The Balaban J connectivity index is 1.60. The van der Waals surface area contributed by atoms with E-state index >= 15 is 0 Å². The fraction of sp³-hybridized carbons (Fsp3) is 0.100. The molecular weight excluding hydrogens is 302 g/mol. The number of fused-ring (bicyclic) bond motifs is 1. The molecule has 0 radical (unpaired) electrons. The van der Waals surface area contributed by atoms with Gasteiger partial charge in [0, 0.05) is 12.3 Å². The number of pyridine rings is 1. The summed E-state index contributed by atoms with van der Waals surface area (Å²) >= 11 is 0. The lowest BCUT2D eigenvalue weighted by atomic mass is 10.1. The quantitative estimate of drug-likeness (QED) is 0.527. The van der Waals surface area contributed by atoms with Gasteiger partial charge in [0.05, 0.1) is 13.3 Å². The van der Waals surface area contributed by atoms with Crippen molar-refractivity contribution in [1.29, 1.82) is 0 Å². The molecule has 0 atom stereocenters. The van der Waals surface area contributed by atoms with Gasteiger partial charge in [-0.3, -0.25) is 4.98 Å². The van der Waals surface area contributed by atoms with Gasteiger partial charge >= 0.3 is 5.97 Å². The van der Waals surface area contributed by atoms with E-state index in [0.717, 1.165) is 21.9 Å². The summed E-state index contributed by atoms with van der Waals surface area (Å²) in [5.41, 5.74) is 1.73. The minimum atomic E-state index is -0.397. The number of ether oxygens (including phenoxy) is 2. The topological polar surface area (TPSA) is 48.4 Å². The molecule has 2 aromatic carbocycles. The van der Waals surface area contributed by atoms with Crippen LogP contribution in [-0.2, 0) is 16.1 Å². The van der Waals surface area contributed by atoms with Gasteiger partial charge in [-0.05, 0) is 40.1 Å². The number of hydrogen-bond donors (Lipinski definition) is 0. The molecule has 0 aliphatic rings. The monoisotopic (exact) mass is 319 g/mol. The Kier molecular flexibility index (Phi) is 4.87. The first-order valence-corrected chi connectivity index (χ1v) is 7.56. The van der Waals surface area contributed by atoms with E-state index in [1.807, 2.05) is 36.4 Å². The molecule has 1 heterocycles. The molecule has 0 N–H and O–H groups in total. The highest BCUT2D eigenvalue weighted by Crippen LogP contribution is 2.16. The third-order valence-electron chi connectivity index (χ3n) is 3.58. The molecule has 0 amide bonds. The number of methoxy groups -OCH3 is 1. The highest BCUT2D eigenvalue weighted by atomic mass is 16.5. The molecule has 24 heavy (non-hydrogen) atoms. The van der Waals surface area contributed by atoms with Gasteiger partial charge in [-0.25, -0.2) is 4.79 Å². The van der Waals surface area contributed by atoms with Gasteiger partial charge in [0.1, 0.15) is 12.4 Å². The molecule has 0 bridgehead atoms. The van der Waals surface area contributed by atoms with Gasteiger partial charge in [-0.15, -0.1) is 0 Å². The summed E-state index contributed by atoms with van der Waals surface area (Å²) in [5, 5.41) is 2.29. The molecule has 0 unspecified atom stereocenters. The van der Waals surface area contributed by atoms with Crippen molar-refractivity contribution in [3.8, 4) is 5.75 Å². The lowest BCUT2D eigenvalue weighted by Gasteiger charge is -2.04. The van der Waals surface area contributed by atoms with E-state index in [4.69, 9.17) is 9.47 Å². The predicted octanol–water partition coefficient (Wildman–Crippen LogP) is 4.00. The van der Waals surface area contributed by atoms with Crippen LogP contribution in [0.25, 0.3) is 16.8 Å². The van der Waals surface area contributed by atoms with Crippen molar-refractivity contribution in [2.45, 2.75) is 6.61 Å². The molecule has 0 saturated heterocycles. The molecular formula is C20H17NO3. The Morgan fingerprint density at radius 2 is 1.92 bits per heavy atom. The summed E-state index contributed by atoms with van der Waals surface area (Å²) in [6, 6.07) is 15.9.